The number of aliphatic imine (C=N–C) groups is 1. The maximum atomic E-state index is 10.8. The summed E-state index contributed by atoms with van der Waals surface area (Å²) in [6.45, 7) is 0.467. The van der Waals surface area contributed by atoms with Crippen LogP contribution in [0.15, 0.2) is 29.3 Å². The van der Waals surface area contributed by atoms with E-state index in [1.807, 2.05) is 18.2 Å². The Morgan fingerprint density at radius 3 is 2.84 bits per heavy atom. The van der Waals surface area contributed by atoms with Crippen molar-refractivity contribution in [3.63, 3.8) is 0 Å². The summed E-state index contributed by atoms with van der Waals surface area (Å²) in [7, 11) is -1.61. The summed E-state index contributed by atoms with van der Waals surface area (Å²) in [5.41, 5.74) is 6.41. The van der Waals surface area contributed by atoms with Gasteiger partial charge in [0.25, 0.3) is 0 Å². The minimum Gasteiger partial charge on any atom is -0.497 e. The number of nitrogens with one attached hydrogen (secondary N) is 2. The summed E-state index contributed by atoms with van der Waals surface area (Å²) in [6, 6.07) is 7.23. The van der Waals surface area contributed by atoms with Crippen molar-refractivity contribution < 1.29 is 13.2 Å². The van der Waals surface area contributed by atoms with E-state index in [9.17, 15) is 8.42 Å². The smallest absolute Gasteiger partial charge is 0.208 e. The Bertz CT molecular complexity index is 543. The van der Waals surface area contributed by atoms with Crippen LogP contribution >= 0.6 is 0 Å². The van der Waals surface area contributed by atoms with Crippen LogP contribution < -0.4 is 20.5 Å². The fraction of sp³-hybridized carbons (Fsp3) is 0.364. The van der Waals surface area contributed by atoms with Crippen LogP contribution in [0.25, 0.3) is 0 Å². The van der Waals surface area contributed by atoms with E-state index in [-0.39, 0.29) is 19.0 Å². The second-order valence-electron chi connectivity index (χ2n) is 3.79. The molecule has 0 aliphatic rings. The average molecular weight is 286 g/mol. The monoisotopic (exact) mass is 286 g/mol. The van der Waals surface area contributed by atoms with Crippen LogP contribution in [0.3, 0.4) is 0 Å². The van der Waals surface area contributed by atoms with Gasteiger partial charge in [-0.25, -0.2) is 13.1 Å². The van der Waals surface area contributed by atoms with E-state index in [2.05, 4.69) is 15.0 Å². The third kappa shape index (κ3) is 6.63. The Morgan fingerprint density at radius 1 is 1.47 bits per heavy atom. The lowest BCUT2D eigenvalue weighted by atomic mass is 10.3. The molecule has 19 heavy (non-hydrogen) atoms. The Kier molecular flexibility index (Phi) is 5.58. The zero-order chi connectivity index (χ0) is 14.3. The van der Waals surface area contributed by atoms with Gasteiger partial charge in [-0.15, -0.1) is 0 Å². The minimum absolute atomic E-state index is 0.208. The summed E-state index contributed by atoms with van der Waals surface area (Å²) >= 11 is 0. The number of hydrogen-bond donors (Lipinski definition) is 3. The fourth-order valence-electron chi connectivity index (χ4n) is 1.30. The first-order valence-electron chi connectivity index (χ1n) is 5.56. The topological polar surface area (TPSA) is 106 Å². The van der Waals surface area contributed by atoms with Gasteiger partial charge in [0.2, 0.25) is 10.0 Å². The zero-order valence-electron chi connectivity index (χ0n) is 10.9. The second kappa shape index (κ2) is 6.95. The average Bonchev–Trinajstić information content (AvgIpc) is 2.34. The fourth-order valence-corrected chi connectivity index (χ4v) is 1.76. The molecule has 0 amide bonds. The largest absolute Gasteiger partial charge is 0.497 e. The van der Waals surface area contributed by atoms with E-state index in [1.165, 1.54) is 0 Å². The molecule has 0 radical (unpaired) electrons. The molecule has 1 aromatic rings. The Labute approximate surface area is 112 Å². The molecule has 8 heteroatoms. The van der Waals surface area contributed by atoms with Crippen molar-refractivity contribution in [1.29, 1.82) is 0 Å². The van der Waals surface area contributed by atoms with E-state index in [0.29, 0.717) is 5.75 Å². The summed E-state index contributed by atoms with van der Waals surface area (Å²) in [5.74, 6) is 0.917. The molecule has 7 nitrogen and oxygen atoms in total. The van der Waals surface area contributed by atoms with Crippen molar-refractivity contribution in [3.8, 4) is 5.75 Å². The molecule has 0 spiro atoms. The SMILES string of the molecule is COc1cccc(NC(N)=NCCNS(C)(=O)=O)c1. The van der Waals surface area contributed by atoms with E-state index in [4.69, 9.17) is 10.5 Å². The highest BCUT2D eigenvalue weighted by Crippen LogP contribution is 2.16. The summed E-state index contributed by atoms with van der Waals surface area (Å²) < 4.78 is 29.0. The molecule has 0 bridgehead atoms. The molecule has 0 aromatic heterocycles. The lowest BCUT2D eigenvalue weighted by Crippen LogP contribution is -2.27. The molecule has 0 heterocycles. The number of benzene rings is 1. The van der Waals surface area contributed by atoms with E-state index < -0.39 is 10.0 Å². The molecule has 0 unspecified atom stereocenters. The number of methoxy groups -OCH3 is 1. The van der Waals surface area contributed by atoms with Crippen LogP contribution in [-0.2, 0) is 10.0 Å². The van der Waals surface area contributed by atoms with E-state index >= 15 is 0 Å². The molecule has 0 saturated carbocycles. The maximum Gasteiger partial charge on any atom is 0.208 e. The molecule has 0 aliphatic carbocycles. The normalized spacial score (nSPS) is 12.2. The number of nitrogens with two attached hydrogens (primary N) is 1. The van der Waals surface area contributed by atoms with Gasteiger partial charge in [-0.05, 0) is 12.1 Å². The van der Waals surface area contributed by atoms with Gasteiger partial charge >= 0.3 is 0 Å². The number of rotatable bonds is 6. The minimum atomic E-state index is -3.19. The molecule has 0 aliphatic heterocycles. The molecule has 0 fully saturated rings. The van der Waals surface area contributed by atoms with E-state index in [1.54, 1.807) is 13.2 Å². The first-order chi connectivity index (χ1) is 8.90. The van der Waals surface area contributed by atoms with Gasteiger partial charge in [-0.1, -0.05) is 6.07 Å². The third-order valence-corrected chi connectivity index (χ3v) is 2.83. The van der Waals surface area contributed by atoms with Crippen molar-refractivity contribution in [2.75, 3.05) is 31.8 Å². The lowest BCUT2D eigenvalue weighted by molar-refractivity contribution is 0.415. The van der Waals surface area contributed by atoms with Gasteiger partial charge in [0.15, 0.2) is 5.96 Å². The molecule has 106 valence electrons. The maximum absolute atomic E-state index is 10.8. The molecular formula is C11H18N4O3S. The highest BCUT2D eigenvalue weighted by Gasteiger charge is 1.99. The zero-order valence-corrected chi connectivity index (χ0v) is 11.7. The first kappa shape index (κ1) is 15.3. The molecule has 0 saturated heterocycles. The van der Waals surface area contributed by atoms with Gasteiger partial charge in [-0.3, -0.25) is 4.99 Å². The van der Waals surface area contributed by atoms with Gasteiger partial charge < -0.3 is 15.8 Å². The van der Waals surface area contributed by atoms with Crippen LogP contribution in [0.4, 0.5) is 5.69 Å². The molecule has 4 N–H and O–H groups in total. The number of guanidine groups is 1. The number of nitrogens with zero attached hydrogens (tertiary/aromatic N) is 1. The Morgan fingerprint density at radius 2 is 2.21 bits per heavy atom. The Balaban J connectivity index is 2.47. The predicted octanol–water partition coefficient (Wildman–Crippen LogP) is -0.0290. The number of ether oxygens (including phenoxy) is 1. The lowest BCUT2D eigenvalue weighted by Gasteiger charge is -2.07. The third-order valence-electron chi connectivity index (χ3n) is 2.10. The van der Waals surface area contributed by atoms with Crippen molar-refractivity contribution in [2.45, 2.75) is 0 Å². The first-order valence-corrected chi connectivity index (χ1v) is 7.45. The number of hydrogen-bond acceptors (Lipinski definition) is 4. The number of anilines is 1. The van der Waals surface area contributed by atoms with Gasteiger partial charge in [0, 0.05) is 18.3 Å². The van der Waals surface area contributed by atoms with Gasteiger partial charge in [-0.2, -0.15) is 0 Å². The van der Waals surface area contributed by atoms with Crippen LogP contribution in [0.5, 0.6) is 5.75 Å². The summed E-state index contributed by atoms with van der Waals surface area (Å²) in [6.07, 6.45) is 1.09. The van der Waals surface area contributed by atoms with Crippen molar-refractivity contribution in [3.05, 3.63) is 24.3 Å². The quantitative estimate of drug-likeness (QED) is 0.387. The molecule has 0 atom stereocenters. The molecule has 1 aromatic carbocycles. The van der Waals surface area contributed by atoms with E-state index in [0.717, 1.165) is 11.9 Å². The van der Waals surface area contributed by atoms with Crippen molar-refractivity contribution in [2.24, 2.45) is 10.7 Å². The van der Waals surface area contributed by atoms with Crippen LogP contribution in [0, 0.1) is 0 Å². The number of sulfonamides is 1. The second-order valence-corrected chi connectivity index (χ2v) is 5.62. The van der Waals surface area contributed by atoms with Crippen molar-refractivity contribution in [1.82, 2.24) is 4.72 Å². The standard InChI is InChI=1S/C11H18N4O3S/c1-18-10-5-3-4-9(8-10)15-11(12)13-6-7-14-19(2,16)17/h3-5,8,14H,6-7H2,1-2H3,(H3,12,13,15). The van der Waals surface area contributed by atoms with Crippen LogP contribution in [0.1, 0.15) is 0 Å². The van der Waals surface area contributed by atoms with Gasteiger partial charge in [0.05, 0.1) is 19.9 Å². The summed E-state index contributed by atoms with van der Waals surface area (Å²) in [5, 5.41) is 2.88. The Hall–Kier alpha value is -1.80. The highest BCUT2D eigenvalue weighted by atomic mass is 32.2. The predicted molar refractivity (Wildman–Crippen MR) is 76.0 cm³/mol. The highest BCUT2D eigenvalue weighted by molar-refractivity contribution is 7.88. The van der Waals surface area contributed by atoms with Crippen LogP contribution in [0.2, 0.25) is 0 Å². The summed E-state index contributed by atoms with van der Waals surface area (Å²) in [4.78, 5) is 3.99. The van der Waals surface area contributed by atoms with Crippen molar-refractivity contribution >= 4 is 21.7 Å². The molecule has 1 rings (SSSR count). The van der Waals surface area contributed by atoms with Crippen LogP contribution in [-0.4, -0.2) is 40.8 Å². The molecular weight excluding hydrogens is 268 g/mol. The van der Waals surface area contributed by atoms with Gasteiger partial charge in [0.1, 0.15) is 5.75 Å².